The molecule has 4 heterocycles. The van der Waals surface area contributed by atoms with Crippen LogP contribution in [0, 0.1) is 5.92 Å². The molecule has 0 amide bonds. The predicted molar refractivity (Wildman–Crippen MR) is 117 cm³/mol. The number of ether oxygens (including phenoxy) is 1. The quantitative estimate of drug-likeness (QED) is 0.622. The first-order chi connectivity index (χ1) is 15.9. The minimum atomic E-state index is -4.37. The second kappa shape index (κ2) is 8.92. The molecule has 1 aromatic carbocycles. The topological polar surface area (TPSA) is 75.4 Å². The number of nitrogens with one attached hydrogen (secondary N) is 1. The van der Waals surface area contributed by atoms with Crippen molar-refractivity contribution < 1.29 is 23.0 Å². The zero-order chi connectivity index (χ0) is 23.0. The Morgan fingerprint density at radius 2 is 1.97 bits per heavy atom. The van der Waals surface area contributed by atoms with E-state index < -0.39 is 17.8 Å². The maximum atomic E-state index is 13.0. The first-order valence-electron chi connectivity index (χ1n) is 11.1. The van der Waals surface area contributed by atoms with Crippen LogP contribution in [0.15, 0.2) is 42.9 Å². The number of alkyl halides is 3. The lowest BCUT2D eigenvalue weighted by Gasteiger charge is -2.37. The highest BCUT2D eigenvalue weighted by Gasteiger charge is 2.32. The van der Waals surface area contributed by atoms with Crippen LogP contribution >= 0.6 is 0 Å². The van der Waals surface area contributed by atoms with Gasteiger partial charge in [0.25, 0.3) is 0 Å². The van der Waals surface area contributed by atoms with Crippen molar-refractivity contribution in [1.29, 1.82) is 0 Å². The summed E-state index contributed by atoms with van der Waals surface area (Å²) in [7, 11) is 0. The summed E-state index contributed by atoms with van der Waals surface area (Å²) in [5.74, 6) is 0.876. The monoisotopic (exact) mass is 461 g/mol. The molecule has 33 heavy (non-hydrogen) atoms. The number of morpholine rings is 1. The number of fused-ring (bicyclic) bond motifs is 1. The van der Waals surface area contributed by atoms with Gasteiger partial charge in [0.05, 0.1) is 36.3 Å². The first-order valence-corrected chi connectivity index (χ1v) is 11.1. The van der Waals surface area contributed by atoms with E-state index in [0.717, 1.165) is 47.5 Å². The number of rotatable bonds is 4. The van der Waals surface area contributed by atoms with E-state index >= 15 is 0 Å². The second-order valence-corrected chi connectivity index (χ2v) is 8.63. The Hall–Kier alpha value is -2.69. The highest BCUT2D eigenvalue weighted by atomic mass is 19.4. The van der Waals surface area contributed by atoms with Gasteiger partial charge in [-0.1, -0.05) is 12.1 Å². The summed E-state index contributed by atoms with van der Waals surface area (Å²) in [4.78, 5) is 11.1. The van der Waals surface area contributed by atoms with Crippen molar-refractivity contribution in [3.63, 3.8) is 0 Å². The summed E-state index contributed by atoms with van der Waals surface area (Å²) in [5, 5.41) is 14.4. The van der Waals surface area contributed by atoms with Crippen LogP contribution in [0.25, 0.3) is 11.0 Å². The van der Waals surface area contributed by atoms with E-state index in [1.54, 1.807) is 0 Å². The van der Waals surface area contributed by atoms with Crippen LogP contribution in [0.3, 0.4) is 0 Å². The highest BCUT2D eigenvalue weighted by Crippen LogP contribution is 2.35. The molecular formula is C23H26F3N5O2. The van der Waals surface area contributed by atoms with Gasteiger partial charge in [-0.05, 0) is 36.7 Å². The van der Waals surface area contributed by atoms with Crippen molar-refractivity contribution in [2.75, 3.05) is 37.7 Å². The van der Waals surface area contributed by atoms with Crippen molar-refractivity contribution >= 4 is 16.9 Å². The molecule has 2 aliphatic rings. The molecule has 0 spiro atoms. The molecule has 0 aliphatic carbocycles. The molecule has 2 aromatic heterocycles. The van der Waals surface area contributed by atoms with Gasteiger partial charge >= 0.3 is 6.18 Å². The number of hydrogen-bond donors (Lipinski definition) is 2. The number of hydrogen-bond acceptors (Lipinski definition) is 6. The lowest BCUT2D eigenvalue weighted by molar-refractivity contribution is -0.137. The number of aliphatic hydroxyl groups is 1. The molecule has 3 atom stereocenters. The average molecular weight is 461 g/mol. The zero-order valence-corrected chi connectivity index (χ0v) is 18.0. The zero-order valence-electron chi connectivity index (χ0n) is 18.0. The summed E-state index contributed by atoms with van der Waals surface area (Å²) >= 11 is 0. The van der Waals surface area contributed by atoms with E-state index in [0.29, 0.717) is 32.8 Å². The maximum absolute atomic E-state index is 13.0. The van der Waals surface area contributed by atoms with Crippen LogP contribution < -0.4 is 10.2 Å². The summed E-state index contributed by atoms with van der Waals surface area (Å²) in [6.45, 7) is 3.56. The van der Waals surface area contributed by atoms with Gasteiger partial charge in [0.2, 0.25) is 0 Å². The Kier molecular flexibility index (Phi) is 5.98. The second-order valence-electron chi connectivity index (χ2n) is 8.63. The lowest BCUT2D eigenvalue weighted by atomic mass is 9.95. The molecule has 0 saturated carbocycles. The molecule has 0 radical (unpaired) electrons. The lowest BCUT2D eigenvalue weighted by Crippen LogP contribution is -2.42. The number of benzene rings is 1. The Bertz CT molecular complexity index is 1100. The Labute approximate surface area is 189 Å². The number of aromatic nitrogens is 3. The van der Waals surface area contributed by atoms with Crippen LogP contribution in [0.4, 0.5) is 19.0 Å². The van der Waals surface area contributed by atoms with E-state index in [1.807, 2.05) is 16.8 Å². The molecule has 7 nitrogen and oxygen atoms in total. The van der Waals surface area contributed by atoms with Crippen LogP contribution in [0.2, 0.25) is 0 Å². The highest BCUT2D eigenvalue weighted by molar-refractivity contribution is 5.88. The fourth-order valence-electron chi connectivity index (χ4n) is 4.76. The third kappa shape index (κ3) is 4.42. The van der Waals surface area contributed by atoms with Gasteiger partial charge in [-0.15, -0.1) is 0 Å². The minimum absolute atomic E-state index is 0.142. The summed E-state index contributed by atoms with van der Waals surface area (Å²) in [6, 6.07) is 6.96. The normalized spacial score (nSPS) is 24.4. The van der Waals surface area contributed by atoms with Crippen molar-refractivity contribution in [1.82, 2.24) is 19.9 Å². The minimum Gasteiger partial charge on any atom is -0.391 e. The van der Waals surface area contributed by atoms with Crippen molar-refractivity contribution in [2.24, 2.45) is 5.92 Å². The van der Waals surface area contributed by atoms with E-state index in [4.69, 9.17) is 4.74 Å². The van der Waals surface area contributed by atoms with E-state index in [9.17, 15) is 18.3 Å². The number of halogens is 3. The summed E-state index contributed by atoms with van der Waals surface area (Å²) < 4.78 is 46.7. The molecule has 2 fully saturated rings. The Morgan fingerprint density at radius 3 is 2.73 bits per heavy atom. The third-order valence-electron chi connectivity index (χ3n) is 6.58. The maximum Gasteiger partial charge on any atom is 0.416 e. The first kappa shape index (κ1) is 22.1. The average Bonchev–Trinajstić information content (AvgIpc) is 3.23. The summed E-state index contributed by atoms with van der Waals surface area (Å²) in [6.07, 6.45) is -0.401. The van der Waals surface area contributed by atoms with Crippen LogP contribution in [0.1, 0.15) is 23.6 Å². The molecule has 2 unspecified atom stereocenters. The molecule has 2 saturated heterocycles. The molecular weight excluding hydrogens is 435 g/mol. The number of nitrogens with zero attached hydrogens (tertiary/aromatic N) is 4. The van der Waals surface area contributed by atoms with Crippen LogP contribution in [-0.4, -0.2) is 58.6 Å². The largest absolute Gasteiger partial charge is 0.416 e. The summed E-state index contributed by atoms with van der Waals surface area (Å²) in [5.41, 5.74) is 0.853. The number of anilines is 1. The molecule has 0 bridgehead atoms. The van der Waals surface area contributed by atoms with Gasteiger partial charge in [0.1, 0.15) is 17.8 Å². The van der Waals surface area contributed by atoms with E-state index in [-0.39, 0.29) is 12.0 Å². The molecule has 2 N–H and O–H groups in total. The molecule has 176 valence electrons. The SMILES string of the molecule is OC1CNCCC1Cn1ccc2c(N3CCOC[C@@H]3c3ccc(C(F)(F)F)cc3)ncnc21. The van der Waals surface area contributed by atoms with Crippen molar-refractivity contribution in [3.05, 3.63) is 54.0 Å². The fourth-order valence-corrected chi connectivity index (χ4v) is 4.76. The smallest absolute Gasteiger partial charge is 0.391 e. The van der Waals surface area contributed by atoms with Gasteiger partial charge in [0, 0.05) is 31.7 Å². The number of aliphatic hydroxyl groups excluding tert-OH is 1. The van der Waals surface area contributed by atoms with E-state index in [2.05, 4.69) is 20.2 Å². The van der Waals surface area contributed by atoms with E-state index in [1.165, 1.54) is 18.5 Å². The Morgan fingerprint density at radius 1 is 1.15 bits per heavy atom. The number of β-amino-alcohol motifs (C(OH)–C–C–N with tert-alkyl or cyclic N) is 1. The van der Waals surface area contributed by atoms with Crippen LogP contribution in [0.5, 0.6) is 0 Å². The molecule has 10 heteroatoms. The van der Waals surface area contributed by atoms with Gasteiger partial charge in [-0.2, -0.15) is 13.2 Å². The number of piperidine rings is 1. The standard InChI is InChI=1S/C23H26F3N5O2/c24-23(25,26)17-3-1-15(2-4-17)19-13-33-10-9-31(19)22-18-6-8-30(21(18)28-14-29-22)12-16-5-7-27-11-20(16)32/h1-4,6,8,14,16,19-20,27,32H,5,7,9-13H2/t16?,19-,20?/m1/s1. The molecule has 5 rings (SSSR count). The van der Waals surface area contributed by atoms with Gasteiger partial charge < -0.3 is 24.6 Å². The van der Waals surface area contributed by atoms with Gasteiger partial charge in [-0.3, -0.25) is 0 Å². The predicted octanol–water partition coefficient (Wildman–Crippen LogP) is 3.00. The Balaban J connectivity index is 1.45. The van der Waals surface area contributed by atoms with Crippen molar-refractivity contribution in [3.8, 4) is 0 Å². The third-order valence-corrected chi connectivity index (χ3v) is 6.58. The van der Waals surface area contributed by atoms with Crippen LogP contribution in [-0.2, 0) is 17.5 Å². The molecule has 3 aromatic rings. The van der Waals surface area contributed by atoms with Crippen molar-refractivity contribution in [2.45, 2.75) is 31.3 Å². The fraction of sp³-hybridized carbons (Fsp3) is 0.478. The van der Waals surface area contributed by atoms with Gasteiger partial charge in [-0.25, -0.2) is 9.97 Å². The molecule has 2 aliphatic heterocycles. The van der Waals surface area contributed by atoms with Gasteiger partial charge in [0.15, 0.2) is 0 Å².